The van der Waals surface area contributed by atoms with Crippen LogP contribution in [0.4, 0.5) is 0 Å². The Morgan fingerprint density at radius 2 is 2.25 bits per heavy atom. The summed E-state index contributed by atoms with van der Waals surface area (Å²) in [6.07, 6.45) is 3.41. The largest absolute Gasteiger partial charge is 0.328 e. The first-order valence-corrected chi connectivity index (χ1v) is 6.30. The number of benzene rings is 1. The molecule has 0 aromatic heterocycles. The van der Waals surface area contributed by atoms with Crippen molar-refractivity contribution >= 4 is 11.6 Å². The summed E-state index contributed by atoms with van der Waals surface area (Å²) in [7, 11) is 0. The second-order valence-corrected chi connectivity index (χ2v) is 5.15. The smallest absolute Gasteiger partial charge is 0.0409 e. The van der Waals surface area contributed by atoms with Crippen molar-refractivity contribution in [3.63, 3.8) is 0 Å². The third kappa shape index (κ3) is 2.97. The van der Waals surface area contributed by atoms with E-state index in [1.807, 2.05) is 18.2 Å². The molecule has 1 fully saturated rings. The number of hydrogen-bond donors (Lipinski definition) is 2. The van der Waals surface area contributed by atoms with E-state index in [2.05, 4.69) is 18.3 Å². The zero-order valence-corrected chi connectivity index (χ0v) is 10.4. The first kappa shape index (κ1) is 11.9. The summed E-state index contributed by atoms with van der Waals surface area (Å²) >= 11 is 5.98. The fraction of sp³-hybridized carbons (Fsp3) is 0.538. The van der Waals surface area contributed by atoms with Crippen LogP contribution in [0, 0.1) is 0 Å². The Morgan fingerprint density at radius 1 is 1.44 bits per heavy atom. The number of nitrogens with one attached hydrogen (secondary N) is 1. The van der Waals surface area contributed by atoms with Crippen LogP contribution < -0.4 is 11.1 Å². The van der Waals surface area contributed by atoms with Gasteiger partial charge < -0.3 is 11.1 Å². The Bertz CT molecular complexity index is 354. The zero-order chi connectivity index (χ0) is 11.5. The van der Waals surface area contributed by atoms with Gasteiger partial charge in [-0.15, -0.1) is 0 Å². The van der Waals surface area contributed by atoms with Gasteiger partial charge in [0.25, 0.3) is 0 Å². The van der Waals surface area contributed by atoms with Crippen LogP contribution in [-0.4, -0.2) is 12.1 Å². The van der Waals surface area contributed by atoms with Crippen molar-refractivity contribution in [1.29, 1.82) is 0 Å². The van der Waals surface area contributed by atoms with Gasteiger partial charge in [-0.3, -0.25) is 0 Å². The lowest BCUT2D eigenvalue weighted by atomic mass is 10.1. The van der Waals surface area contributed by atoms with Crippen LogP contribution in [0.15, 0.2) is 24.3 Å². The molecule has 0 spiro atoms. The van der Waals surface area contributed by atoms with Crippen LogP contribution in [0.5, 0.6) is 0 Å². The Hall–Kier alpha value is -0.570. The van der Waals surface area contributed by atoms with Gasteiger partial charge in [-0.1, -0.05) is 23.7 Å². The highest BCUT2D eigenvalue weighted by Gasteiger charge is 2.22. The second-order valence-electron chi connectivity index (χ2n) is 4.71. The van der Waals surface area contributed by atoms with Gasteiger partial charge in [0.05, 0.1) is 0 Å². The zero-order valence-electron chi connectivity index (χ0n) is 9.62. The summed E-state index contributed by atoms with van der Waals surface area (Å²) in [6.45, 7) is 2.18. The highest BCUT2D eigenvalue weighted by molar-refractivity contribution is 6.30. The van der Waals surface area contributed by atoms with Gasteiger partial charge >= 0.3 is 0 Å². The average Bonchev–Trinajstić information content (AvgIpc) is 2.64. The number of hydrogen-bond acceptors (Lipinski definition) is 2. The summed E-state index contributed by atoms with van der Waals surface area (Å²) < 4.78 is 0. The molecule has 88 valence electrons. The molecule has 1 saturated carbocycles. The molecule has 2 rings (SSSR count). The van der Waals surface area contributed by atoms with Crippen molar-refractivity contribution in [1.82, 2.24) is 5.32 Å². The molecule has 0 saturated heterocycles. The minimum Gasteiger partial charge on any atom is -0.328 e. The first-order chi connectivity index (χ1) is 7.65. The molecule has 3 heteroatoms. The van der Waals surface area contributed by atoms with Gasteiger partial charge in [0.2, 0.25) is 0 Å². The molecule has 0 radical (unpaired) electrons. The fourth-order valence-electron chi connectivity index (χ4n) is 2.39. The summed E-state index contributed by atoms with van der Waals surface area (Å²) in [5.41, 5.74) is 7.15. The summed E-state index contributed by atoms with van der Waals surface area (Å²) in [6, 6.07) is 9.31. The quantitative estimate of drug-likeness (QED) is 0.850. The normalized spacial score (nSPS) is 26.9. The number of halogens is 1. The molecule has 1 aliphatic rings. The molecular weight excluding hydrogens is 220 g/mol. The van der Waals surface area contributed by atoms with Crippen molar-refractivity contribution < 1.29 is 0 Å². The lowest BCUT2D eigenvalue weighted by Gasteiger charge is -2.19. The van der Waals surface area contributed by atoms with Crippen molar-refractivity contribution in [2.24, 2.45) is 5.73 Å². The van der Waals surface area contributed by atoms with Crippen molar-refractivity contribution in [2.75, 3.05) is 0 Å². The summed E-state index contributed by atoms with van der Waals surface area (Å²) in [5, 5.41) is 4.41. The van der Waals surface area contributed by atoms with Gasteiger partial charge in [-0.05, 0) is 43.9 Å². The average molecular weight is 239 g/mol. The van der Waals surface area contributed by atoms with E-state index >= 15 is 0 Å². The van der Waals surface area contributed by atoms with Crippen LogP contribution in [0.2, 0.25) is 5.02 Å². The Labute approximate surface area is 102 Å². The van der Waals surface area contributed by atoms with Crippen LogP contribution in [0.25, 0.3) is 0 Å². The van der Waals surface area contributed by atoms with Crippen molar-refractivity contribution in [3.8, 4) is 0 Å². The molecule has 3 atom stereocenters. The van der Waals surface area contributed by atoms with Gasteiger partial charge in [-0.2, -0.15) is 0 Å². The fourth-order valence-corrected chi connectivity index (χ4v) is 2.59. The van der Waals surface area contributed by atoms with Crippen LogP contribution in [0.3, 0.4) is 0 Å². The van der Waals surface area contributed by atoms with Gasteiger partial charge in [0.15, 0.2) is 0 Å². The minimum absolute atomic E-state index is 0.342. The SMILES string of the molecule is C[C@@H](NC1CCC(N)C1)c1cccc(Cl)c1. The van der Waals surface area contributed by atoms with E-state index in [-0.39, 0.29) is 0 Å². The van der Waals surface area contributed by atoms with E-state index in [0.717, 1.165) is 17.9 Å². The highest BCUT2D eigenvalue weighted by atomic mass is 35.5. The topological polar surface area (TPSA) is 38.0 Å². The standard InChI is InChI=1S/C13H19ClN2/c1-9(10-3-2-4-11(14)7-10)16-13-6-5-12(15)8-13/h2-4,7,9,12-13,16H,5-6,8,15H2,1H3/t9-,12?,13?/m1/s1. The third-order valence-electron chi connectivity index (χ3n) is 3.31. The molecule has 2 nitrogen and oxygen atoms in total. The lowest BCUT2D eigenvalue weighted by Crippen LogP contribution is -2.30. The molecule has 2 unspecified atom stereocenters. The summed E-state index contributed by atoms with van der Waals surface area (Å²) in [5.74, 6) is 0. The maximum Gasteiger partial charge on any atom is 0.0409 e. The summed E-state index contributed by atoms with van der Waals surface area (Å²) in [4.78, 5) is 0. The highest BCUT2D eigenvalue weighted by Crippen LogP contribution is 2.22. The molecule has 1 aromatic rings. The number of nitrogens with two attached hydrogens (primary N) is 1. The number of rotatable bonds is 3. The molecule has 1 aliphatic carbocycles. The monoisotopic (exact) mass is 238 g/mol. The molecular formula is C13H19ClN2. The molecule has 0 heterocycles. The molecule has 0 bridgehead atoms. The Kier molecular flexibility index (Phi) is 3.85. The Morgan fingerprint density at radius 3 is 2.88 bits per heavy atom. The predicted octanol–water partition coefficient (Wildman–Crippen LogP) is 2.87. The minimum atomic E-state index is 0.342. The second kappa shape index (κ2) is 5.17. The van der Waals surface area contributed by atoms with Crippen LogP contribution >= 0.6 is 11.6 Å². The van der Waals surface area contributed by atoms with E-state index in [4.69, 9.17) is 17.3 Å². The third-order valence-corrected chi connectivity index (χ3v) is 3.54. The maximum absolute atomic E-state index is 5.98. The van der Waals surface area contributed by atoms with Crippen molar-refractivity contribution in [3.05, 3.63) is 34.9 Å². The molecule has 3 N–H and O–H groups in total. The Balaban J connectivity index is 1.95. The van der Waals surface area contributed by atoms with Gasteiger partial charge in [0, 0.05) is 23.1 Å². The van der Waals surface area contributed by atoms with Gasteiger partial charge in [-0.25, -0.2) is 0 Å². The first-order valence-electron chi connectivity index (χ1n) is 5.92. The molecule has 16 heavy (non-hydrogen) atoms. The molecule has 0 aliphatic heterocycles. The van der Waals surface area contributed by atoms with E-state index in [0.29, 0.717) is 18.1 Å². The predicted molar refractivity (Wildman–Crippen MR) is 68.6 cm³/mol. The van der Waals surface area contributed by atoms with Crippen LogP contribution in [-0.2, 0) is 0 Å². The molecule has 0 amide bonds. The van der Waals surface area contributed by atoms with E-state index in [1.54, 1.807) is 0 Å². The van der Waals surface area contributed by atoms with Crippen LogP contribution in [0.1, 0.15) is 37.8 Å². The molecule has 1 aromatic carbocycles. The lowest BCUT2D eigenvalue weighted by molar-refractivity contribution is 0.457. The maximum atomic E-state index is 5.98. The van der Waals surface area contributed by atoms with Crippen molar-refractivity contribution in [2.45, 2.75) is 44.3 Å². The van der Waals surface area contributed by atoms with Gasteiger partial charge in [0.1, 0.15) is 0 Å². The van der Waals surface area contributed by atoms with E-state index in [1.165, 1.54) is 12.0 Å². The van der Waals surface area contributed by atoms with E-state index < -0.39 is 0 Å². The van der Waals surface area contributed by atoms with E-state index in [9.17, 15) is 0 Å².